The SMILES string of the molecule is Cc1c(-c2ccc(Br)cc2)nn(C)c1-c1ccc(Br)cc1. The van der Waals surface area contributed by atoms with Crippen LogP contribution in [0, 0.1) is 6.92 Å². The van der Waals surface area contributed by atoms with Crippen molar-refractivity contribution in [3.8, 4) is 22.5 Å². The van der Waals surface area contributed by atoms with Crippen molar-refractivity contribution in [1.29, 1.82) is 0 Å². The van der Waals surface area contributed by atoms with E-state index in [1.54, 1.807) is 0 Å². The number of hydrogen-bond acceptors (Lipinski definition) is 1. The summed E-state index contributed by atoms with van der Waals surface area (Å²) in [6, 6.07) is 16.6. The second-order valence-corrected chi connectivity index (χ2v) is 6.79. The van der Waals surface area contributed by atoms with E-state index in [1.807, 2.05) is 23.9 Å². The summed E-state index contributed by atoms with van der Waals surface area (Å²) in [4.78, 5) is 0. The van der Waals surface area contributed by atoms with Crippen molar-refractivity contribution in [1.82, 2.24) is 9.78 Å². The smallest absolute Gasteiger partial charge is 0.0958 e. The van der Waals surface area contributed by atoms with Gasteiger partial charge in [0, 0.05) is 32.7 Å². The average molecular weight is 406 g/mol. The molecule has 0 N–H and O–H groups in total. The van der Waals surface area contributed by atoms with Gasteiger partial charge in [-0.25, -0.2) is 0 Å². The first-order valence-corrected chi connectivity index (χ1v) is 8.20. The molecule has 0 radical (unpaired) electrons. The van der Waals surface area contributed by atoms with E-state index >= 15 is 0 Å². The summed E-state index contributed by atoms with van der Waals surface area (Å²) < 4.78 is 4.11. The molecule has 0 unspecified atom stereocenters. The lowest BCUT2D eigenvalue weighted by Gasteiger charge is -2.04. The first kappa shape index (κ1) is 14.5. The van der Waals surface area contributed by atoms with Crippen LogP contribution in [0.15, 0.2) is 57.5 Å². The normalized spacial score (nSPS) is 10.9. The minimum atomic E-state index is 1.03. The molecule has 0 saturated carbocycles. The van der Waals surface area contributed by atoms with Crippen LogP contribution < -0.4 is 0 Å². The van der Waals surface area contributed by atoms with Crippen LogP contribution in [0.1, 0.15) is 5.56 Å². The maximum atomic E-state index is 4.70. The molecule has 0 aliphatic rings. The monoisotopic (exact) mass is 404 g/mol. The predicted octanol–water partition coefficient (Wildman–Crippen LogP) is 5.59. The van der Waals surface area contributed by atoms with E-state index in [0.29, 0.717) is 0 Å². The second-order valence-electron chi connectivity index (χ2n) is 4.96. The Balaban J connectivity index is 2.12. The van der Waals surface area contributed by atoms with Gasteiger partial charge in [-0.3, -0.25) is 4.68 Å². The first-order chi connectivity index (χ1) is 10.1. The minimum Gasteiger partial charge on any atom is -0.267 e. The molecule has 0 amide bonds. The summed E-state index contributed by atoms with van der Waals surface area (Å²) in [5.74, 6) is 0. The highest BCUT2D eigenvalue weighted by Crippen LogP contribution is 2.32. The number of nitrogens with zero attached hydrogens (tertiary/aromatic N) is 2. The van der Waals surface area contributed by atoms with Crippen LogP contribution in [-0.4, -0.2) is 9.78 Å². The topological polar surface area (TPSA) is 17.8 Å². The zero-order valence-corrected chi connectivity index (χ0v) is 14.9. The second kappa shape index (κ2) is 5.78. The van der Waals surface area contributed by atoms with Gasteiger partial charge in [0.1, 0.15) is 0 Å². The van der Waals surface area contributed by atoms with Crippen LogP contribution in [0.2, 0.25) is 0 Å². The number of halogens is 2. The van der Waals surface area contributed by atoms with E-state index in [1.165, 1.54) is 11.1 Å². The molecule has 0 saturated heterocycles. The first-order valence-electron chi connectivity index (χ1n) is 6.62. The fraction of sp³-hybridized carbons (Fsp3) is 0.118. The zero-order valence-electron chi connectivity index (χ0n) is 11.8. The Kier molecular flexibility index (Phi) is 4.00. The number of aryl methyl sites for hydroxylation is 1. The summed E-state index contributed by atoms with van der Waals surface area (Å²) in [6.07, 6.45) is 0. The molecule has 4 heteroatoms. The molecule has 106 valence electrons. The molecule has 21 heavy (non-hydrogen) atoms. The maximum Gasteiger partial charge on any atom is 0.0958 e. The van der Waals surface area contributed by atoms with Gasteiger partial charge in [0.15, 0.2) is 0 Å². The average Bonchev–Trinajstić information content (AvgIpc) is 2.76. The van der Waals surface area contributed by atoms with Crippen molar-refractivity contribution < 1.29 is 0 Å². The van der Waals surface area contributed by atoms with Crippen molar-refractivity contribution in [2.75, 3.05) is 0 Å². The Bertz CT molecular complexity index is 772. The summed E-state index contributed by atoms with van der Waals surface area (Å²) in [5.41, 5.74) is 5.69. The third-order valence-electron chi connectivity index (χ3n) is 3.52. The third-order valence-corrected chi connectivity index (χ3v) is 4.58. The van der Waals surface area contributed by atoms with Gasteiger partial charge in [0.05, 0.1) is 11.4 Å². The van der Waals surface area contributed by atoms with Crippen LogP contribution in [0.5, 0.6) is 0 Å². The van der Waals surface area contributed by atoms with Crippen LogP contribution in [0.25, 0.3) is 22.5 Å². The highest BCUT2D eigenvalue weighted by atomic mass is 79.9. The fourth-order valence-corrected chi connectivity index (χ4v) is 3.05. The van der Waals surface area contributed by atoms with Gasteiger partial charge in [0.25, 0.3) is 0 Å². The van der Waals surface area contributed by atoms with Gasteiger partial charge in [-0.05, 0) is 31.2 Å². The maximum absolute atomic E-state index is 4.70. The molecule has 3 rings (SSSR count). The van der Waals surface area contributed by atoms with E-state index < -0.39 is 0 Å². The van der Waals surface area contributed by atoms with E-state index in [0.717, 1.165) is 25.9 Å². The number of hydrogen-bond donors (Lipinski definition) is 0. The van der Waals surface area contributed by atoms with Crippen molar-refractivity contribution in [2.45, 2.75) is 6.92 Å². The zero-order chi connectivity index (χ0) is 15.0. The molecule has 0 atom stereocenters. The molecule has 2 nitrogen and oxygen atoms in total. The highest BCUT2D eigenvalue weighted by Gasteiger charge is 2.15. The lowest BCUT2D eigenvalue weighted by molar-refractivity contribution is 0.779. The van der Waals surface area contributed by atoms with Crippen LogP contribution >= 0.6 is 31.9 Å². The molecule has 0 bridgehead atoms. The van der Waals surface area contributed by atoms with Crippen molar-refractivity contribution in [3.05, 3.63) is 63.0 Å². The van der Waals surface area contributed by atoms with Gasteiger partial charge in [0.2, 0.25) is 0 Å². The Morgan fingerprint density at radius 2 is 1.29 bits per heavy atom. The standard InChI is InChI=1S/C17H14Br2N2/c1-11-16(12-3-7-14(18)8-4-12)20-21(2)17(11)13-5-9-15(19)10-6-13/h3-10H,1-2H3. The number of aromatic nitrogens is 2. The van der Waals surface area contributed by atoms with Gasteiger partial charge in [-0.2, -0.15) is 5.10 Å². The lowest BCUT2D eigenvalue weighted by Crippen LogP contribution is -1.94. The summed E-state index contributed by atoms with van der Waals surface area (Å²) >= 11 is 6.95. The molecular formula is C17H14Br2N2. The molecule has 0 spiro atoms. The number of benzene rings is 2. The molecule has 2 aromatic carbocycles. The summed E-state index contributed by atoms with van der Waals surface area (Å²) in [5, 5.41) is 4.70. The fourth-order valence-electron chi connectivity index (χ4n) is 2.52. The van der Waals surface area contributed by atoms with Gasteiger partial charge < -0.3 is 0 Å². The van der Waals surface area contributed by atoms with Crippen LogP contribution in [0.4, 0.5) is 0 Å². The van der Waals surface area contributed by atoms with Crippen molar-refractivity contribution >= 4 is 31.9 Å². The van der Waals surface area contributed by atoms with E-state index in [9.17, 15) is 0 Å². The summed E-state index contributed by atoms with van der Waals surface area (Å²) in [7, 11) is 1.99. The number of rotatable bonds is 2. The predicted molar refractivity (Wildman–Crippen MR) is 94.2 cm³/mol. The van der Waals surface area contributed by atoms with Gasteiger partial charge in [-0.1, -0.05) is 56.1 Å². The molecule has 0 aliphatic heterocycles. The van der Waals surface area contributed by atoms with Crippen LogP contribution in [-0.2, 0) is 7.05 Å². The highest BCUT2D eigenvalue weighted by molar-refractivity contribution is 9.10. The summed E-state index contributed by atoms with van der Waals surface area (Å²) in [6.45, 7) is 2.13. The van der Waals surface area contributed by atoms with E-state index in [4.69, 9.17) is 5.10 Å². The Morgan fingerprint density at radius 3 is 1.81 bits per heavy atom. The molecule has 0 fully saturated rings. The molecule has 0 aliphatic carbocycles. The Morgan fingerprint density at radius 1 is 0.810 bits per heavy atom. The van der Waals surface area contributed by atoms with Crippen molar-refractivity contribution in [3.63, 3.8) is 0 Å². The molecule has 1 aromatic heterocycles. The van der Waals surface area contributed by atoms with E-state index in [-0.39, 0.29) is 0 Å². The van der Waals surface area contributed by atoms with Crippen molar-refractivity contribution in [2.24, 2.45) is 7.05 Å². The van der Waals surface area contributed by atoms with Gasteiger partial charge in [-0.15, -0.1) is 0 Å². The van der Waals surface area contributed by atoms with Crippen LogP contribution in [0.3, 0.4) is 0 Å². The minimum absolute atomic E-state index is 1.03. The third kappa shape index (κ3) is 2.83. The molecular weight excluding hydrogens is 392 g/mol. The largest absolute Gasteiger partial charge is 0.267 e. The molecule has 1 heterocycles. The molecule has 3 aromatic rings. The quantitative estimate of drug-likeness (QED) is 0.543. The lowest BCUT2D eigenvalue weighted by atomic mass is 10.0. The van der Waals surface area contributed by atoms with Gasteiger partial charge >= 0.3 is 0 Å². The Labute approximate surface area is 141 Å². The van der Waals surface area contributed by atoms with E-state index in [2.05, 4.69) is 75.2 Å². The Hall–Kier alpha value is -1.39.